The molecule has 0 aliphatic carbocycles. The zero-order valence-corrected chi connectivity index (χ0v) is 10.4. The first-order valence-corrected chi connectivity index (χ1v) is 6.25. The minimum Gasteiger partial charge on any atom is -0.506 e. The zero-order valence-electron chi connectivity index (χ0n) is 9.57. The normalized spacial score (nSPS) is 10.7. The fraction of sp³-hybridized carbons (Fsp3) is 0. The van der Waals surface area contributed by atoms with Gasteiger partial charge in [0.25, 0.3) is 0 Å². The molecular weight excluding hydrogens is 264 g/mol. The zero-order chi connectivity index (χ0) is 13.4. The molecule has 2 heterocycles. The van der Waals surface area contributed by atoms with Crippen LogP contribution in [0.4, 0.5) is 0 Å². The summed E-state index contributed by atoms with van der Waals surface area (Å²) >= 11 is 1.30. The van der Waals surface area contributed by atoms with E-state index in [1.54, 1.807) is 24.4 Å². The van der Waals surface area contributed by atoms with Crippen molar-refractivity contribution in [1.29, 1.82) is 0 Å². The van der Waals surface area contributed by atoms with Crippen LogP contribution in [0.3, 0.4) is 0 Å². The predicted molar refractivity (Wildman–Crippen MR) is 71.5 cm³/mol. The summed E-state index contributed by atoms with van der Waals surface area (Å²) in [7, 11) is 0. The summed E-state index contributed by atoms with van der Waals surface area (Å²) in [6, 6.07) is 7.90. The van der Waals surface area contributed by atoms with E-state index in [1.165, 1.54) is 23.5 Å². The maximum Gasteiger partial charge on any atom is 0.335 e. The summed E-state index contributed by atoms with van der Waals surface area (Å²) in [4.78, 5) is 19.3. The molecule has 2 N–H and O–H groups in total. The number of carboxylic acid groups (broad SMARTS) is 1. The summed E-state index contributed by atoms with van der Waals surface area (Å²) in [5, 5.41) is 19.3. The van der Waals surface area contributed by atoms with E-state index in [9.17, 15) is 9.90 Å². The molecule has 0 bridgehead atoms. The van der Waals surface area contributed by atoms with Crippen LogP contribution in [0, 0.1) is 0 Å². The Kier molecular flexibility index (Phi) is 2.64. The molecule has 19 heavy (non-hydrogen) atoms. The summed E-state index contributed by atoms with van der Waals surface area (Å²) < 4.78 is 0.750. The number of aromatic carboxylic acids is 1. The van der Waals surface area contributed by atoms with E-state index in [-0.39, 0.29) is 11.3 Å². The van der Waals surface area contributed by atoms with Gasteiger partial charge in [-0.15, -0.1) is 11.3 Å². The molecule has 3 aromatic rings. The molecule has 0 aliphatic rings. The van der Waals surface area contributed by atoms with Crippen molar-refractivity contribution in [1.82, 2.24) is 9.97 Å². The van der Waals surface area contributed by atoms with Crippen LogP contribution in [-0.2, 0) is 0 Å². The molecule has 0 unspecified atom stereocenters. The van der Waals surface area contributed by atoms with Crippen LogP contribution < -0.4 is 0 Å². The number of thiazole rings is 1. The quantitative estimate of drug-likeness (QED) is 0.749. The van der Waals surface area contributed by atoms with Crippen molar-refractivity contribution in [2.45, 2.75) is 0 Å². The highest BCUT2D eigenvalue weighted by Crippen LogP contribution is 2.33. The molecule has 0 saturated carbocycles. The van der Waals surface area contributed by atoms with Crippen molar-refractivity contribution < 1.29 is 15.0 Å². The van der Waals surface area contributed by atoms with Gasteiger partial charge in [-0.25, -0.2) is 14.8 Å². The number of nitrogens with zero attached hydrogens (tertiary/aromatic N) is 2. The van der Waals surface area contributed by atoms with Crippen LogP contribution in [0.5, 0.6) is 5.75 Å². The summed E-state index contributed by atoms with van der Waals surface area (Å²) in [5.41, 5.74) is 1.31. The van der Waals surface area contributed by atoms with Gasteiger partial charge in [-0.3, -0.25) is 0 Å². The first-order chi connectivity index (χ1) is 9.15. The number of aromatic hydroxyl groups is 1. The Bertz CT molecular complexity index is 782. The molecule has 94 valence electrons. The number of fused-ring (bicyclic) bond motifs is 1. The highest BCUT2D eigenvalue weighted by Gasteiger charge is 2.12. The van der Waals surface area contributed by atoms with Gasteiger partial charge in [-0.2, -0.15) is 0 Å². The van der Waals surface area contributed by atoms with E-state index >= 15 is 0 Å². The van der Waals surface area contributed by atoms with E-state index in [1.807, 2.05) is 0 Å². The topological polar surface area (TPSA) is 83.3 Å². The van der Waals surface area contributed by atoms with Crippen molar-refractivity contribution in [2.75, 3.05) is 0 Å². The maximum absolute atomic E-state index is 10.9. The van der Waals surface area contributed by atoms with Crippen molar-refractivity contribution in [2.24, 2.45) is 0 Å². The summed E-state index contributed by atoms with van der Waals surface area (Å²) in [6.07, 6.45) is 1.57. The molecule has 5 nitrogen and oxygen atoms in total. The Morgan fingerprint density at radius 2 is 2.11 bits per heavy atom. The number of hydrogen-bond donors (Lipinski definition) is 2. The van der Waals surface area contributed by atoms with Gasteiger partial charge in [0, 0.05) is 6.20 Å². The largest absolute Gasteiger partial charge is 0.506 e. The van der Waals surface area contributed by atoms with Crippen LogP contribution in [0.25, 0.3) is 20.9 Å². The first kappa shape index (κ1) is 11.6. The maximum atomic E-state index is 10.9. The number of pyridine rings is 1. The lowest BCUT2D eigenvalue weighted by Gasteiger charge is -1.96. The van der Waals surface area contributed by atoms with Crippen LogP contribution in [-0.4, -0.2) is 26.2 Å². The molecule has 0 aliphatic heterocycles. The second-order valence-corrected chi connectivity index (χ2v) is 4.91. The highest BCUT2D eigenvalue weighted by molar-refractivity contribution is 7.21. The third-order valence-corrected chi connectivity index (χ3v) is 3.65. The molecule has 1 aromatic carbocycles. The van der Waals surface area contributed by atoms with E-state index in [4.69, 9.17) is 5.11 Å². The smallest absolute Gasteiger partial charge is 0.335 e. The first-order valence-electron chi connectivity index (χ1n) is 5.43. The Morgan fingerprint density at radius 1 is 1.26 bits per heavy atom. The van der Waals surface area contributed by atoms with Gasteiger partial charge >= 0.3 is 5.97 Å². The lowest BCUT2D eigenvalue weighted by Crippen LogP contribution is -1.94. The van der Waals surface area contributed by atoms with Gasteiger partial charge < -0.3 is 10.2 Å². The van der Waals surface area contributed by atoms with Gasteiger partial charge in [-0.1, -0.05) is 0 Å². The average molecular weight is 272 g/mol. The van der Waals surface area contributed by atoms with Crippen molar-refractivity contribution >= 4 is 27.5 Å². The second-order valence-electron chi connectivity index (χ2n) is 3.88. The van der Waals surface area contributed by atoms with Crippen LogP contribution in [0.1, 0.15) is 10.4 Å². The number of benzene rings is 1. The highest BCUT2D eigenvalue weighted by atomic mass is 32.1. The summed E-state index contributed by atoms with van der Waals surface area (Å²) in [6.45, 7) is 0. The molecule has 3 rings (SSSR count). The van der Waals surface area contributed by atoms with E-state index in [2.05, 4.69) is 9.97 Å². The number of rotatable bonds is 2. The molecule has 0 atom stereocenters. The van der Waals surface area contributed by atoms with Gasteiger partial charge in [-0.05, 0) is 30.3 Å². The number of aromatic nitrogens is 2. The number of hydrogen-bond acceptors (Lipinski definition) is 5. The minimum absolute atomic E-state index is 0.0556. The molecule has 0 fully saturated rings. The number of carboxylic acids is 1. The van der Waals surface area contributed by atoms with Gasteiger partial charge in [0.2, 0.25) is 0 Å². The molecule has 0 saturated heterocycles. The molecule has 0 radical (unpaired) electrons. The van der Waals surface area contributed by atoms with Crippen LogP contribution >= 0.6 is 11.3 Å². The Morgan fingerprint density at radius 3 is 2.84 bits per heavy atom. The molecule has 6 heteroatoms. The predicted octanol–water partition coefficient (Wildman–Crippen LogP) is 2.76. The second kappa shape index (κ2) is 4.33. The van der Waals surface area contributed by atoms with Crippen molar-refractivity contribution in [3.05, 3.63) is 42.1 Å². The lowest BCUT2D eigenvalue weighted by atomic mass is 10.2. The monoisotopic (exact) mass is 272 g/mol. The third kappa shape index (κ3) is 2.02. The van der Waals surface area contributed by atoms with E-state index in [0.29, 0.717) is 16.2 Å². The van der Waals surface area contributed by atoms with Gasteiger partial charge in [0.15, 0.2) is 0 Å². The Balaban J connectivity index is 2.17. The molecule has 0 amide bonds. The Hall–Kier alpha value is -2.47. The molecular formula is C13H8N2O3S. The lowest BCUT2D eigenvalue weighted by molar-refractivity contribution is 0.0697. The van der Waals surface area contributed by atoms with Crippen LogP contribution in [0.2, 0.25) is 0 Å². The van der Waals surface area contributed by atoms with Crippen molar-refractivity contribution in [3.63, 3.8) is 0 Å². The third-order valence-electron chi connectivity index (χ3n) is 2.62. The molecule has 0 spiro atoms. The summed E-state index contributed by atoms with van der Waals surface area (Å²) in [5.74, 6) is -0.919. The van der Waals surface area contributed by atoms with Gasteiger partial charge in [0.05, 0.1) is 15.8 Å². The fourth-order valence-electron chi connectivity index (χ4n) is 1.72. The minimum atomic E-state index is -0.975. The Labute approximate surface area is 111 Å². The van der Waals surface area contributed by atoms with Gasteiger partial charge in [0.1, 0.15) is 16.5 Å². The van der Waals surface area contributed by atoms with Crippen LogP contribution in [0.15, 0.2) is 36.5 Å². The fourth-order valence-corrected chi connectivity index (χ4v) is 2.73. The standard InChI is InChI=1S/C13H8N2O3S/c16-9-2-1-5-14-11(9)12-15-8-4-3-7(13(17)18)6-10(8)19-12/h1-6,16H,(H,17,18). The molecule has 2 aromatic heterocycles. The van der Waals surface area contributed by atoms with E-state index in [0.717, 1.165) is 4.70 Å². The average Bonchev–Trinajstić information content (AvgIpc) is 2.81. The SMILES string of the molecule is O=C(O)c1ccc2nc(-c3ncccc3O)sc2c1. The van der Waals surface area contributed by atoms with E-state index < -0.39 is 5.97 Å². The van der Waals surface area contributed by atoms with Crippen molar-refractivity contribution in [3.8, 4) is 16.5 Å². The number of carbonyl (C=O) groups is 1.